The maximum atomic E-state index is 9.93. The number of aromatic hydroxyl groups is 2. The monoisotopic (exact) mass is 628 g/mol. The van der Waals surface area contributed by atoms with Gasteiger partial charge in [-0.25, -0.2) is 0 Å². The molecule has 4 N–H and O–H groups in total. The van der Waals surface area contributed by atoms with E-state index in [0.717, 1.165) is 0 Å². The van der Waals surface area contributed by atoms with E-state index in [1.54, 1.807) is 48.8 Å². The second-order valence-corrected chi connectivity index (χ2v) is 4.87. The summed E-state index contributed by atoms with van der Waals surface area (Å²) in [5.74, 6) is 0.943. The van der Waals surface area contributed by atoms with Gasteiger partial charge in [0.25, 0.3) is 0 Å². The molecule has 0 aliphatic rings. The minimum atomic E-state index is 0. The molecule has 0 aliphatic carbocycles. The van der Waals surface area contributed by atoms with Crippen molar-refractivity contribution in [3.05, 3.63) is 47.5 Å². The third-order valence-electron chi connectivity index (χ3n) is 3.32. The number of phenols is 2. The molecule has 0 fully saturated rings. The van der Waals surface area contributed by atoms with Crippen molar-refractivity contribution in [3.63, 3.8) is 0 Å². The molecule has 0 spiro atoms. The van der Waals surface area contributed by atoms with Crippen LogP contribution in [0.5, 0.6) is 23.0 Å². The Hall–Kier alpha value is -1.10. The standard InChI is InChI=1S/C18H20N2O4.Ac.Mn.H2O/c1-23-15-7-3-5-13(17(15)21)11-19-9-10-20-12-14-6-4-8-16(24-2)18(14)22;;;/h3-8,11-12,21-22H,9-10H2,1-2H3;;;1H2. The summed E-state index contributed by atoms with van der Waals surface area (Å²) in [7, 11) is 3.00. The van der Waals surface area contributed by atoms with Crippen molar-refractivity contribution in [3.8, 4) is 23.0 Å². The molecule has 27 heavy (non-hydrogen) atoms. The SMILES string of the molecule is COc1cccc(C=NCCN=Cc2cccc(OC)c2O)c1O.O.[Ac].[Mn]. The molecule has 0 heterocycles. The van der Waals surface area contributed by atoms with E-state index in [4.69, 9.17) is 9.47 Å². The van der Waals surface area contributed by atoms with E-state index in [1.807, 2.05) is 0 Å². The fraction of sp³-hybridized carbons (Fsp3) is 0.222. The van der Waals surface area contributed by atoms with E-state index in [9.17, 15) is 10.2 Å². The number of rotatable bonds is 7. The van der Waals surface area contributed by atoms with Crippen molar-refractivity contribution in [1.82, 2.24) is 0 Å². The number of methoxy groups -OCH3 is 2. The van der Waals surface area contributed by atoms with Crippen LogP contribution in [0.3, 0.4) is 0 Å². The summed E-state index contributed by atoms with van der Waals surface area (Å²) in [4.78, 5) is 8.45. The van der Waals surface area contributed by atoms with E-state index < -0.39 is 0 Å². The van der Waals surface area contributed by atoms with E-state index in [0.29, 0.717) is 35.7 Å². The van der Waals surface area contributed by atoms with Crippen LogP contribution in [0.1, 0.15) is 11.1 Å². The third-order valence-corrected chi connectivity index (χ3v) is 3.32. The summed E-state index contributed by atoms with van der Waals surface area (Å²) >= 11 is 0. The van der Waals surface area contributed by atoms with Gasteiger partial charge in [-0.1, -0.05) is 12.1 Å². The third kappa shape index (κ3) is 8.20. The second-order valence-electron chi connectivity index (χ2n) is 4.87. The molecule has 0 saturated heterocycles. The van der Waals surface area contributed by atoms with Gasteiger partial charge in [0.05, 0.1) is 27.3 Å². The van der Waals surface area contributed by atoms with Crippen LogP contribution in [0.4, 0.5) is 0 Å². The van der Waals surface area contributed by atoms with Crippen molar-refractivity contribution < 1.29 is 86.3 Å². The summed E-state index contributed by atoms with van der Waals surface area (Å²) in [6.45, 7) is 0.912. The molecule has 144 valence electrons. The Morgan fingerprint density at radius 3 is 1.52 bits per heavy atom. The number of hydrogen-bond donors (Lipinski definition) is 2. The van der Waals surface area contributed by atoms with Gasteiger partial charge in [0, 0.05) is 84.7 Å². The molecule has 2 radical (unpaired) electrons. The van der Waals surface area contributed by atoms with Crippen LogP contribution in [-0.4, -0.2) is 55.4 Å². The Balaban J connectivity index is 0. The fourth-order valence-electron chi connectivity index (χ4n) is 2.06. The molecule has 9 heteroatoms. The first kappa shape index (κ1) is 28.1. The molecule has 0 atom stereocenters. The second kappa shape index (κ2) is 14.9. The van der Waals surface area contributed by atoms with Crippen molar-refractivity contribution in [1.29, 1.82) is 0 Å². The summed E-state index contributed by atoms with van der Waals surface area (Å²) < 4.78 is 10.1. The topological polar surface area (TPSA) is 115 Å². The summed E-state index contributed by atoms with van der Waals surface area (Å²) in [5, 5.41) is 19.9. The average molecular weight is 628 g/mol. The molecule has 2 rings (SSSR count). The number of ether oxygens (including phenoxy) is 2. The number of phenolic OH excluding ortho intramolecular Hbond substituents is 2. The fourth-order valence-corrected chi connectivity index (χ4v) is 2.06. The first-order valence-corrected chi connectivity index (χ1v) is 7.39. The van der Waals surface area contributed by atoms with E-state index in [2.05, 4.69) is 9.98 Å². The molecule has 2 aromatic rings. The largest absolute Gasteiger partial charge is 0.504 e. The maximum Gasteiger partial charge on any atom is 0.166 e. The molecule has 7 nitrogen and oxygen atoms in total. The van der Waals surface area contributed by atoms with Crippen LogP contribution in [0.25, 0.3) is 0 Å². The Morgan fingerprint density at radius 1 is 0.815 bits per heavy atom. The Morgan fingerprint density at radius 2 is 1.19 bits per heavy atom. The molecule has 0 aliphatic heterocycles. The molecular formula is C18H22AcMnN2O5. The van der Waals surface area contributed by atoms with Crippen LogP contribution in [0, 0.1) is 44.1 Å². The van der Waals surface area contributed by atoms with Crippen LogP contribution in [0.2, 0.25) is 0 Å². The van der Waals surface area contributed by atoms with Crippen molar-refractivity contribution in [2.75, 3.05) is 27.3 Å². The molecular weight excluding hydrogens is 606 g/mol. The van der Waals surface area contributed by atoms with Gasteiger partial charge in [-0.05, 0) is 24.3 Å². The van der Waals surface area contributed by atoms with Gasteiger partial charge in [0.1, 0.15) is 0 Å². The van der Waals surface area contributed by atoms with Gasteiger partial charge >= 0.3 is 0 Å². The summed E-state index contributed by atoms with van der Waals surface area (Å²) in [5.41, 5.74) is 1.17. The Labute approximate surface area is 204 Å². The Bertz CT molecular complexity index is 693. The molecule has 2 aromatic carbocycles. The van der Waals surface area contributed by atoms with Crippen molar-refractivity contribution in [2.45, 2.75) is 0 Å². The first-order chi connectivity index (χ1) is 11.7. The molecule has 0 bridgehead atoms. The minimum absolute atomic E-state index is 0. The van der Waals surface area contributed by atoms with Gasteiger partial charge in [0.2, 0.25) is 0 Å². The molecule has 0 aromatic heterocycles. The zero-order valence-electron chi connectivity index (χ0n) is 15.1. The first-order valence-electron chi connectivity index (χ1n) is 7.39. The molecule has 0 amide bonds. The van der Waals surface area contributed by atoms with E-state index in [-0.39, 0.29) is 78.1 Å². The molecule has 0 saturated carbocycles. The number of hydrogen-bond acceptors (Lipinski definition) is 6. The van der Waals surface area contributed by atoms with Crippen molar-refractivity contribution >= 4 is 12.4 Å². The maximum absolute atomic E-state index is 9.93. The van der Waals surface area contributed by atoms with Gasteiger partial charge in [-0.3, -0.25) is 9.98 Å². The van der Waals surface area contributed by atoms with Crippen LogP contribution in [0.15, 0.2) is 46.4 Å². The minimum Gasteiger partial charge on any atom is -0.504 e. The predicted octanol–water partition coefficient (Wildman–Crippen LogP) is 1.83. The summed E-state index contributed by atoms with van der Waals surface area (Å²) in [6.07, 6.45) is 3.16. The summed E-state index contributed by atoms with van der Waals surface area (Å²) in [6, 6.07) is 10.4. The van der Waals surface area contributed by atoms with E-state index in [1.165, 1.54) is 14.2 Å². The average Bonchev–Trinajstić information content (AvgIpc) is 2.60. The van der Waals surface area contributed by atoms with E-state index >= 15 is 0 Å². The van der Waals surface area contributed by atoms with Crippen molar-refractivity contribution in [2.24, 2.45) is 9.98 Å². The van der Waals surface area contributed by atoms with Gasteiger partial charge in [0.15, 0.2) is 23.0 Å². The van der Waals surface area contributed by atoms with Gasteiger partial charge < -0.3 is 25.2 Å². The predicted molar refractivity (Wildman–Crippen MR) is 97.9 cm³/mol. The zero-order chi connectivity index (χ0) is 17.4. The van der Waals surface area contributed by atoms with Crippen LogP contribution < -0.4 is 9.47 Å². The quantitative estimate of drug-likeness (QED) is 0.277. The molecule has 0 unspecified atom stereocenters. The van der Waals surface area contributed by atoms with Crippen LogP contribution in [-0.2, 0) is 17.1 Å². The van der Waals surface area contributed by atoms with Gasteiger partial charge in [-0.15, -0.1) is 0 Å². The zero-order valence-corrected chi connectivity index (χ0v) is 21.0. The van der Waals surface area contributed by atoms with Gasteiger partial charge in [-0.2, -0.15) is 0 Å². The number of para-hydroxylation sites is 2. The number of benzene rings is 2. The van der Waals surface area contributed by atoms with Crippen LogP contribution >= 0.6 is 0 Å². The Kier molecular flexibility index (Phi) is 15.5. The smallest absolute Gasteiger partial charge is 0.166 e. The number of aliphatic imine (C=N–C) groups is 2. The normalized spacial score (nSPS) is 10.0. The number of nitrogens with zero attached hydrogens (tertiary/aromatic N) is 2.